The van der Waals surface area contributed by atoms with Gasteiger partial charge in [-0.1, -0.05) is 13.8 Å². The Morgan fingerprint density at radius 2 is 1.97 bits per heavy atom. The van der Waals surface area contributed by atoms with Crippen LogP contribution < -0.4 is 5.43 Å². The van der Waals surface area contributed by atoms with Gasteiger partial charge in [-0.05, 0) is 55.6 Å². The molecule has 4 atom stereocenters. The first-order chi connectivity index (χ1) is 17.3. The molecule has 1 spiro atoms. The van der Waals surface area contributed by atoms with E-state index in [1.54, 1.807) is 13.8 Å². The molecular weight excluding hydrogens is 514 g/mol. The second-order valence-corrected chi connectivity index (χ2v) is 14.5. The van der Waals surface area contributed by atoms with Crippen molar-refractivity contribution < 1.29 is 22.5 Å². The number of benzene rings is 1. The highest BCUT2D eigenvalue weighted by molar-refractivity contribution is 7.91. The molecule has 11 heteroatoms. The number of H-pyrrole nitrogens is 1. The third-order valence-corrected chi connectivity index (χ3v) is 12.8. The van der Waals surface area contributed by atoms with Crippen molar-refractivity contribution in [2.45, 2.75) is 57.9 Å². The fourth-order valence-electron chi connectivity index (χ4n) is 7.70. The number of hydrogen-bond acceptors (Lipinski definition) is 7. The largest absolute Gasteiger partial charge is 0.508 e. The van der Waals surface area contributed by atoms with Crippen LogP contribution in [0.15, 0.2) is 34.3 Å². The van der Waals surface area contributed by atoms with Gasteiger partial charge in [-0.15, -0.1) is 0 Å². The van der Waals surface area contributed by atoms with E-state index in [9.17, 15) is 27.3 Å². The van der Waals surface area contributed by atoms with E-state index in [4.69, 9.17) is 0 Å². The summed E-state index contributed by atoms with van der Waals surface area (Å²) in [6, 6.07) is 4.14. The minimum Gasteiger partial charge on any atom is -0.508 e. The van der Waals surface area contributed by atoms with Gasteiger partial charge in [0.15, 0.2) is 5.43 Å². The number of rotatable bonds is 6. The number of carbonyl (C=O) groups excluding carboxylic acids is 1. The highest BCUT2D eigenvalue weighted by atomic mass is 32.2. The molecule has 2 heterocycles. The lowest BCUT2D eigenvalue weighted by Crippen LogP contribution is -2.33. The zero-order chi connectivity index (χ0) is 26.7. The summed E-state index contributed by atoms with van der Waals surface area (Å²) in [4.78, 5) is 33.1. The number of imidazole rings is 1. The smallest absolute Gasteiger partial charge is 0.242 e. The molecule has 1 aromatic carbocycles. The Balaban J connectivity index is 1.47. The Labute approximate surface area is 216 Å². The van der Waals surface area contributed by atoms with E-state index in [0.717, 1.165) is 16.8 Å². The molecule has 37 heavy (non-hydrogen) atoms. The Morgan fingerprint density at radius 1 is 1.24 bits per heavy atom. The number of carbonyl (C=O) groups is 1. The molecule has 0 bridgehead atoms. The lowest BCUT2D eigenvalue weighted by atomic mass is 9.66. The van der Waals surface area contributed by atoms with Crippen molar-refractivity contribution in [3.05, 3.63) is 51.4 Å². The first-order valence-electron chi connectivity index (χ1n) is 12.3. The average molecular weight is 544 g/mol. The van der Waals surface area contributed by atoms with Crippen LogP contribution in [0.2, 0.25) is 0 Å². The Morgan fingerprint density at radius 3 is 2.62 bits per heavy atom. The number of aromatic hydroxyl groups is 1. The third kappa shape index (κ3) is 2.87. The van der Waals surface area contributed by atoms with Gasteiger partial charge in [0.2, 0.25) is 15.2 Å². The normalized spacial score (nSPS) is 28.5. The predicted molar refractivity (Wildman–Crippen MR) is 138 cm³/mol. The van der Waals surface area contributed by atoms with Gasteiger partial charge < -0.3 is 10.1 Å². The van der Waals surface area contributed by atoms with E-state index in [-0.39, 0.29) is 50.2 Å². The molecular formula is C26H29N3O6S2. The standard InChI is InChI=1S/C26H29N3O6S2/c1-14-11-27-19(15(2)22(14)32)12-36(33)23-28-18-6-5-17(30)10-20(18)29(23)37(34,35)13-26-21(31)9-16-7-8-25(16,26)24(26,3)4/h5-6,10-11,16,30H,7-9,12-13H2,1-4H3,(H,27,32)/t16?,25?,26?,36-/m1/s1. The SMILES string of the molecule is Cc1c[nH]c(C[S@@](=O)c2nc3ccc(O)cc3n2S(=O)(=O)CC23C(=O)CC4CCC42C3(C)C)c(C)c1=O. The van der Waals surface area contributed by atoms with Gasteiger partial charge >= 0.3 is 0 Å². The van der Waals surface area contributed by atoms with E-state index in [2.05, 4.69) is 9.97 Å². The van der Waals surface area contributed by atoms with Crippen LogP contribution in [0.5, 0.6) is 5.75 Å². The molecule has 3 unspecified atom stereocenters. The van der Waals surface area contributed by atoms with Gasteiger partial charge in [-0.3, -0.25) is 13.8 Å². The molecule has 3 aliphatic carbocycles. The van der Waals surface area contributed by atoms with Gasteiger partial charge in [-0.2, -0.15) is 0 Å². The number of nitrogens with one attached hydrogen (secondary N) is 1. The van der Waals surface area contributed by atoms with Crippen LogP contribution >= 0.6 is 0 Å². The molecule has 3 aliphatic rings. The van der Waals surface area contributed by atoms with E-state index in [1.165, 1.54) is 24.4 Å². The molecule has 0 radical (unpaired) electrons. The summed E-state index contributed by atoms with van der Waals surface area (Å²) in [6.45, 7) is 7.27. The Hall–Kier alpha value is -2.79. The maximum Gasteiger partial charge on any atom is 0.242 e. The van der Waals surface area contributed by atoms with E-state index in [1.807, 2.05) is 13.8 Å². The van der Waals surface area contributed by atoms with Crippen molar-refractivity contribution in [3.8, 4) is 5.75 Å². The predicted octanol–water partition coefficient (Wildman–Crippen LogP) is 2.93. The number of aromatic nitrogens is 3. The van der Waals surface area contributed by atoms with Crippen LogP contribution in [0.25, 0.3) is 11.0 Å². The van der Waals surface area contributed by atoms with Gasteiger partial charge in [0.1, 0.15) is 11.5 Å². The molecule has 0 amide bonds. The molecule has 3 saturated carbocycles. The number of ketones is 1. The summed E-state index contributed by atoms with van der Waals surface area (Å²) in [5.41, 5.74) is -0.173. The number of hydrogen-bond donors (Lipinski definition) is 2. The van der Waals surface area contributed by atoms with E-state index in [0.29, 0.717) is 23.2 Å². The van der Waals surface area contributed by atoms with Crippen molar-refractivity contribution in [3.63, 3.8) is 0 Å². The summed E-state index contributed by atoms with van der Waals surface area (Å²) >= 11 is 0. The third-order valence-electron chi connectivity index (χ3n) is 9.71. The lowest BCUT2D eigenvalue weighted by Gasteiger charge is -2.37. The second-order valence-electron chi connectivity index (χ2n) is 11.3. The lowest BCUT2D eigenvalue weighted by molar-refractivity contribution is -0.123. The minimum absolute atomic E-state index is 0.00799. The number of fused-ring (bicyclic) bond motifs is 1. The fourth-order valence-corrected chi connectivity index (χ4v) is 11.6. The molecule has 196 valence electrons. The highest BCUT2D eigenvalue weighted by Gasteiger charge is 2.92. The molecule has 3 aromatic rings. The van der Waals surface area contributed by atoms with Gasteiger partial charge in [0.05, 0.1) is 38.8 Å². The van der Waals surface area contributed by atoms with Crippen LogP contribution in [-0.2, 0) is 31.4 Å². The summed E-state index contributed by atoms with van der Waals surface area (Å²) in [5, 5.41) is 9.95. The van der Waals surface area contributed by atoms with E-state index >= 15 is 0 Å². The molecule has 3 fully saturated rings. The number of phenols is 1. The molecule has 9 nitrogen and oxygen atoms in total. The van der Waals surface area contributed by atoms with Crippen molar-refractivity contribution in [1.29, 1.82) is 0 Å². The van der Waals surface area contributed by atoms with Crippen molar-refractivity contribution in [2.24, 2.45) is 22.2 Å². The second kappa shape index (κ2) is 7.41. The van der Waals surface area contributed by atoms with Crippen LogP contribution in [-0.4, -0.2) is 43.2 Å². The number of phenolic OH excluding ortho intramolecular Hbond substituents is 1. The fraction of sp³-hybridized carbons (Fsp3) is 0.500. The molecule has 2 aromatic heterocycles. The summed E-state index contributed by atoms with van der Waals surface area (Å²) in [7, 11) is -6.18. The maximum absolute atomic E-state index is 14.2. The zero-order valence-electron chi connectivity index (χ0n) is 21.1. The summed E-state index contributed by atoms with van der Waals surface area (Å²) in [5.74, 6) is -0.491. The first kappa shape index (κ1) is 24.5. The van der Waals surface area contributed by atoms with Crippen LogP contribution in [0, 0.1) is 36.0 Å². The van der Waals surface area contributed by atoms with Crippen LogP contribution in [0.3, 0.4) is 0 Å². The molecule has 0 aliphatic heterocycles. The van der Waals surface area contributed by atoms with Crippen LogP contribution in [0.4, 0.5) is 0 Å². The van der Waals surface area contributed by atoms with Crippen molar-refractivity contribution >= 4 is 37.6 Å². The Kier molecular flexibility index (Phi) is 4.91. The average Bonchev–Trinajstić information content (AvgIpc) is 3.03. The van der Waals surface area contributed by atoms with Gasteiger partial charge in [0, 0.05) is 35.5 Å². The number of Topliss-reactive ketones (excluding diaryl/α,β-unsaturated/α-hetero) is 1. The van der Waals surface area contributed by atoms with E-state index < -0.39 is 37.4 Å². The van der Waals surface area contributed by atoms with Crippen LogP contribution in [0.1, 0.15) is 49.9 Å². The highest BCUT2D eigenvalue weighted by Crippen LogP contribution is 2.91. The zero-order valence-corrected chi connectivity index (χ0v) is 22.8. The van der Waals surface area contributed by atoms with Gasteiger partial charge in [0.25, 0.3) is 0 Å². The topological polar surface area (TPSA) is 139 Å². The number of aryl methyl sites for hydroxylation is 1. The maximum atomic E-state index is 14.2. The Bertz CT molecular complexity index is 1720. The quantitative estimate of drug-likeness (QED) is 0.487. The monoisotopic (exact) mass is 543 g/mol. The molecule has 0 saturated heterocycles. The summed E-state index contributed by atoms with van der Waals surface area (Å²) < 4.78 is 42.9. The first-order valence-corrected chi connectivity index (χ1v) is 15.3. The van der Waals surface area contributed by atoms with Crippen molar-refractivity contribution in [1.82, 2.24) is 13.9 Å². The van der Waals surface area contributed by atoms with Gasteiger partial charge in [-0.25, -0.2) is 17.4 Å². The number of nitrogens with zero attached hydrogens (tertiary/aromatic N) is 2. The summed E-state index contributed by atoms with van der Waals surface area (Å²) in [6.07, 6.45) is 3.70. The molecule has 2 N–H and O–H groups in total. The minimum atomic E-state index is -4.23. The number of aromatic amines is 1. The van der Waals surface area contributed by atoms with Crippen molar-refractivity contribution in [2.75, 3.05) is 5.75 Å². The molecule has 6 rings (SSSR count). The number of pyridine rings is 1.